The quantitative estimate of drug-likeness (QED) is 0.633. The number of hydrogen-bond acceptors (Lipinski definition) is 5. The number of imide groups is 2. The van der Waals surface area contributed by atoms with Gasteiger partial charge in [-0.2, -0.15) is 0 Å². The molecule has 3 rings (SSSR count). The third kappa shape index (κ3) is 3.69. The number of carbonyl (C=O) groups excluding carboxylic acids is 3. The third-order valence-corrected chi connectivity index (χ3v) is 4.62. The standard InChI is InChI=1S/C21H22N2O5/c1-12(2)16-9-14(13(3)8-18(16)27-4)10-17-19(24)22-21(26)23(20(17)25)11-15-6-5-7-28-15/h5-10,12H,11H2,1-4H3,(H,22,24,26). The van der Waals surface area contributed by atoms with Crippen molar-refractivity contribution < 1.29 is 23.5 Å². The Hall–Kier alpha value is -3.35. The smallest absolute Gasteiger partial charge is 0.331 e. The largest absolute Gasteiger partial charge is 0.496 e. The Morgan fingerprint density at radius 1 is 1.25 bits per heavy atom. The molecule has 1 aliphatic rings. The van der Waals surface area contributed by atoms with Gasteiger partial charge in [-0.3, -0.25) is 19.8 Å². The molecule has 0 atom stereocenters. The second-order valence-electron chi connectivity index (χ2n) is 6.89. The van der Waals surface area contributed by atoms with Gasteiger partial charge in [0.2, 0.25) is 0 Å². The highest BCUT2D eigenvalue weighted by Crippen LogP contribution is 2.31. The first-order valence-electron chi connectivity index (χ1n) is 8.91. The second-order valence-corrected chi connectivity index (χ2v) is 6.89. The predicted octanol–water partition coefficient (Wildman–Crippen LogP) is 3.38. The third-order valence-electron chi connectivity index (χ3n) is 4.62. The van der Waals surface area contributed by atoms with Crippen LogP contribution in [0.5, 0.6) is 5.75 Å². The fourth-order valence-electron chi connectivity index (χ4n) is 3.05. The number of carbonyl (C=O) groups is 3. The average molecular weight is 382 g/mol. The maximum Gasteiger partial charge on any atom is 0.331 e. The molecular formula is C21H22N2O5. The number of methoxy groups -OCH3 is 1. The minimum Gasteiger partial charge on any atom is -0.496 e. The zero-order valence-electron chi connectivity index (χ0n) is 16.2. The monoisotopic (exact) mass is 382 g/mol. The minimum absolute atomic E-state index is 0.0544. The van der Waals surface area contributed by atoms with Gasteiger partial charge in [-0.1, -0.05) is 13.8 Å². The van der Waals surface area contributed by atoms with E-state index < -0.39 is 17.8 Å². The molecule has 4 amide bonds. The number of rotatable bonds is 5. The van der Waals surface area contributed by atoms with Crippen molar-refractivity contribution in [2.45, 2.75) is 33.2 Å². The average Bonchev–Trinajstić information content (AvgIpc) is 3.16. The predicted molar refractivity (Wildman–Crippen MR) is 103 cm³/mol. The molecule has 7 heteroatoms. The van der Waals surface area contributed by atoms with E-state index >= 15 is 0 Å². The SMILES string of the molecule is COc1cc(C)c(C=C2C(=O)NC(=O)N(Cc3ccco3)C2=O)cc1C(C)C. The molecule has 0 saturated carbocycles. The summed E-state index contributed by atoms with van der Waals surface area (Å²) in [7, 11) is 1.61. The van der Waals surface area contributed by atoms with Crippen LogP contribution in [0.2, 0.25) is 0 Å². The van der Waals surface area contributed by atoms with Gasteiger partial charge in [0.05, 0.1) is 19.9 Å². The number of ether oxygens (including phenoxy) is 1. The van der Waals surface area contributed by atoms with E-state index in [1.807, 2.05) is 32.9 Å². The van der Waals surface area contributed by atoms with E-state index in [1.54, 1.807) is 19.2 Å². The molecule has 7 nitrogen and oxygen atoms in total. The van der Waals surface area contributed by atoms with Crippen LogP contribution in [0.1, 0.15) is 42.2 Å². The van der Waals surface area contributed by atoms with Gasteiger partial charge in [0.15, 0.2) is 0 Å². The fourth-order valence-corrected chi connectivity index (χ4v) is 3.05. The van der Waals surface area contributed by atoms with E-state index in [4.69, 9.17) is 9.15 Å². The Morgan fingerprint density at radius 3 is 2.61 bits per heavy atom. The molecule has 146 valence electrons. The van der Waals surface area contributed by atoms with Crippen molar-refractivity contribution in [2.75, 3.05) is 7.11 Å². The van der Waals surface area contributed by atoms with Crippen molar-refractivity contribution in [2.24, 2.45) is 0 Å². The molecule has 1 saturated heterocycles. The van der Waals surface area contributed by atoms with Gasteiger partial charge in [-0.25, -0.2) is 4.79 Å². The molecule has 0 bridgehead atoms. The highest BCUT2D eigenvalue weighted by molar-refractivity contribution is 6.31. The van der Waals surface area contributed by atoms with E-state index in [2.05, 4.69) is 5.32 Å². The molecule has 0 aliphatic carbocycles. The Bertz CT molecular complexity index is 957. The highest BCUT2D eigenvalue weighted by Gasteiger charge is 2.36. The van der Waals surface area contributed by atoms with Gasteiger partial charge in [-0.05, 0) is 59.9 Å². The number of amides is 4. The summed E-state index contributed by atoms with van der Waals surface area (Å²) in [5, 5.41) is 2.21. The van der Waals surface area contributed by atoms with Crippen LogP contribution in [0.4, 0.5) is 4.79 Å². The van der Waals surface area contributed by atoms with Gasteiger partial charge in [0.1, 0.15) is 17.1 Å². The van der Waals surface area contributed by atoms with Crippen LogP contribution in [-0.4, -0.2) is 29.9 Å². The molecule has 0 spiro atoms. The maximum atomic E-state index is 12.8. The zero-order chi connectivity index (χ0) is 20.4. The molecule has 1 aromatic carbocycles. The van der Waals surface area contributed by atoms with E-state index in [0.717, 1.165) is 27.3 Å². The molecule has 1 aliphatic heterocycles. The molecule has 1 N–H and O–H groups in total. The van der Waals surface area contributed by atoms with Gasteiger partial charge < -0.3 is 9.15 Å². The van der Waals surface area contributed by atoms with Crippen molar-refractivity contribution in [3.8, 4) is 5.75 Å². The summed E-state index contributed by atoms with van der Waals surface area (Å²) in [5.74, 6) is 0.0164. The van der Waals surface area contributed by atoms with Crippen LogP contribution in [0.15, 0.2) is 40.5 Å². The summed E-state index contributed by atoms with van der Waals surface area (Å²) in [6, 6.07) is 6.33. The van der Waals surface area contributed by atoms with E-state index in [0.29, 0.717) is 5.76 Å². The summed E-state index contributed by atoms with van der Waals surface area (Å²) in [4.78, 5) is 38.2. The normalized spacial score (nSPS) is 16.1. The van der Waals surface area contributed by atoms with Crippen molar-refractivity contribution in [1.29, 1.82) is 0 Å². The van der Waals surface area contributed by atoms with Crippen LogP contribution >= 0.6 is 0 Å². The number of aryl methyl sites for hydroxylation is 1. The van der Waals surface area contributed by atoms with Gasteiger partial charge in [-0.15, -0.1) is 0 Å². The number of nitrogens with zero attached hydrogens (tertiary/aromatic N) is 1. The number of nitrogens with one attached hydrogen (secondary N) is 1. The summed E-state index contributed by atoms with van der Waals surface area (Å²) >= 11 is 0. The van der Waals surface area contributed by atoms with E-state index in [1.165, 1.54) is 12.3 Å². The number of benzene rings is 1. The van der Waals surface area contributed by atoms with E-state index in [-0.39, 0.29) is 18.0 Å². The van der Waals surface area contributed by atoms with Crippen LogP contribution < -0.4 is 10.1 Å². The molecule has 1 aromatic heterocycles. The summed E-state index contributed by atoms with van der Waals surface area (Å²) < 4.78 is 10.6. The zero-order valence-corrected chi connectivity index (χ0v) is 16.2. The summed E-state index contributed by atoms with van der Waals surface area (Å²) in [5.41, 5.74) is 2.43. The van der Waals surface area contributed by atoms with Gasteiger partial charge in [0.25, 0.3) is 11.8 Å². The second kappa shape index (κ2) is 7.72. The van der Waals surface area contributed by atoms with Crippen molar-refractivity contribution >= 4 is 23.9 Å². The molecule has 1 fully saturated rings. The first-order valence-corrected chi connectivity index (χ1v) is 8.91. The Labute approximate surface area is 163 Å². The lowest BCUT2D eigenvalue weighted by Crippen LogP contribution is -2.53. The van der Waals surface area contributed by atoms with Crippen LogP contribution in [0.3, 0.4) is 0 Å². The molecule has 0 radical (unpaired) electrons. The Balaban J connectivity index is 2.00. The van der Waals surface area contributed by atoms with Crippen LogP contribution in [0, 0.1) is 6.92 Å². The Morgan fingerprint density at radius 2 is 2.00 bits per heavy atom. The molecule has 28 heavy (non-hydrogen) atoms. The summed E-state index contributed by atoms with van der Waals surface area (Å²) in [6.07, 6.45) is 2.97. The Kier molecular flexibility index (Phi) is 5.35. The van der Waals surface area contributed by atoms with Crippen molar-refractivity contribution in [3.63, 3.8) is 0 Å². The van der Waals surface area contributed by atoms with E-state index in [9.17, 15) is 14.4 Å². The fraction of sp³-hybridized carbons (Fsp3) is 0.286. The number of hydrogen-bond donors (Lipinski definition) is 1. The minimum atomic E-state index is -0.766. The number of barbiturate groups is 1. The van der Waals surface area contributed by atoms with Crippen LogP contribution in [-0.2, 0) is 16.1 Å². The van der Waals surface area contributed by atoms with Gasteiger partial charge in [0, 0.05) is 0 Å². The molecular weight excluding hydrogens is 360 g/mol. The number of furan rings is 1. The molecule has 2 aromatic rings. The topological polar surface area (TPSA) is 88.8 Å². The first-order chi connectivity index (χ1) is 13.3. The van der Waals surface area contributed by atoms with Crippen LogP contribution in [0.25, 0.3) is 6.08 Å². The summed E-state index contributed by atoms with van der Waals surface area (Å²) in [6.45, 7) is 5.88. The lowest BCUT2D eigenvalue weighted by Gasteiger charge is -2.25. The lowest BCUT2D eigenvalue weighted by molar-refractivity contribution is -0.130. The first kappa shape index (κ1) is 19.4. The van der Waals surface area contributed by atoms with Gasteiger partial charge >= 0.3 is 6.03 Å². The molecule has 0 unspecified atom stereocenters. The molecule has 2 heterocycles. The lowest BCUT2D eigenvalue weighted by atomic mass is 9.95. The maximum absolute atomic E-state index is 12.8. The number of urea groups is 1. The van der Waals surface area contributed by atoms with Crippen molar-refractivity contribution in [3.05, 3.63) is 58.6 Å². The van der Waals surface area contributed by atoms with Crippen molar-refractivity contribution in [1.82, 2.24) is 10.2 Å². The highest BCUT2D eigenvalue weighted by atomic mass is 16.5.